The average Bonchev–Trinajstić information content (AvgIpc) is 2.73. The molecule has 68 valence electrons. The Kier molecular flexibility index (Phi) is 1.31. The fourth-order valence-corrected chi connectivity index (χ4v) is 1.81. The van der Waals surface area contributed by atoms with E-state index in [0.29, 0.717) is 5.69 Å². The number of aldehydes is 1. The van der Waals surface area contributed by atoms with Crippen molar-refractivity contribution in [1.82, 2.24) is 9.97 Å². The van der Waals surface area contributed by atoms with Gasteiger partial charge in [0.1, 0.15) is 5.65 Å². The number of benzene rings is 1. The number of hydrogen-bond donors (Lipinski definition) is 2. The van der Waals surface area contributed by atoms with Crippen molar-refractivity contribution < 1.29 is 4.79 Å². The molecule has 0 fully saturated rings. The topological polar surface area (TPSA) is 48.6 Å². The van der Waals surface area contributed by atoms with E-state index in [0.717, 1.165) is 28.2 Å². The summed E-state index contributed by atoms with van der Waals surface area (Å²) in [7, 11) is 0. The van der Waals surface area contributed by atoms with Gasteiger partial charge in [-0.3, -0.25) is 4.79 Å². The highest BCUT2D eigenvalue weighted by Crippen LogP contribution is 2.24. The summed E-state index contributed by atoms with van der Waals surface area (Å²) in [5.74, 6) is 0. The Labute approximate surface area is 79.7 Å². The van der Waals surface area contributed by atoms with Crippen LogP contribution in [0.3, 0.4) is 0 Å². The van der Waals surface area contributed by atoms with Crippen molar-refractivity contribution in [3.05, 3.63) is 36.0 Å². The van der Waals surface area contributed by atoms with Gasteiger partial charge in [-0.15, -0.1) is 0 Å². The summed E-state index contributed by atoms with van der Waals surface area (Å²) < 4.78 is 0. The Morgan fingerprint density at radius 3 is 2.79 bits per heavy atom. The smallest absolute Gasteiger partial charge is 0.166 e. The second-order valence-electron chi connectivity index (χ2n) is 3.30. The lowest BCUT2D eigenvalue weighted by Gasteiger charge is -1.86. The molecule has 14 heavy (non-hydrogen) atoms. The van der Waals surface area contributed by atoms with Gasteiger partial charge in [0.15, 0.2) is 6.29 Å². The molecule has 0 amide bonds. The maximum Gasteiger partial charge on any atom is 0.166 e. The molecule has 2 heterocycles. The van der Waals surface area contributed by atoms with Gasteiger partial charge in [-0.2, -0.15) is 0 Å². The zero-order valence-corrected chi connectivity index (χ0v) is 7.37. The number of carbonyl (C=O) groups is 1. The quantitative estimate of drug-likeness (QED) is 0.561. The van der Waals surface area contributed by atoms with Crippen LogP contribution in [0.5, 0.6) is 0 Å². The monoisotopic (exact) mass is 184 g/mol. The first-order valence-corrected chi connectivity index (χ1v) is 4.43. The number of H-pyrrole nitrogens is 2. The molecule has 3 heteroatoms. The SMILES string of the molecule is O=Cc1cc2c([nH]1)[nH]c1ccccc12. The van der Waals surface area contributed by atoms with Crippen molar-refractivity contribution in [3.63, 3.8) is 0 Å². The number of aromatic amines is 2. The summed E-state index contributed by atoms with van der Waals surface area (Å²) in [4.78, 5) is 16.8. The van der Waals surface area contributed by atoms with Gasteiger partial charge in [-0.05, 0) is 12.1 Å². The lowest BCUT2D eigenvalue weighted by molar-refractivity contribution is 0.112. The van der Waals surface area contributed by atoms with Gasteiger partial charge in [0.25, 0.3) is 0 Å². The van der Waals surface area contributed by atoms with Crippen molar-refractivity contribution in [2.45, 2.75) is 0 Å². The van der Waals surface area contributed by atoms with Crippen LogP contribution in [0.2, 0.25) is 0 Å². The zero-order valence-electron chi connectivity index (χ0n) is 7.37. The third-order valence-corrected chi connectivity index (χ3v) is 2.44. The molecule has 2 N–H and O–H groups in total. The maximum atomic E-state index is 10.6. The van der Waals surface area contributed by atoms with Crippen LogP contribution in [-0.2, 0) is 0 Å². The highest BCUT2D eigenvalue weighted by Gasteiger charge is 2.06. The molecule has 2 aromatic heterocycles. The van der Waals surface area contributed by atoms with E-state index in [-0.39, 0.29) is 0 Å². The van der Waals surface area contributed by atoms with Crippen molar-refractivity contribution in [3.8, 4) is 0 Å². The van der Waals surface area contributed by atoms with Crippen molar-refractivity contribution in [2.24, 2.45) is 0 Å². The number of nitrogens with one attached hydrogen (secondary N) is 2. The van der Waals surface area contributed by atoms with Gasteiger partial charge in [-0.25, -0.2) is 0 Å². The van der Waals surface area contributed by atoms with Crippen LogP contribution in [0.4, 0.5) is 0 Å². The van der Waals surface area contributed by atoms with Gasteiger partial charge in [0, 0.05) is 16.3 Å². The normalized spacial score (nSPS) is 11.1. The number of fused-ring (bicyclic) bond motifs is 3. The van der Waals surface area contributed by atoms with E-state index in [4.69, 9.17) is 0 Å². The highest BCUT2D eigenvalue weighted by atomic mass is 16.1. The number of rotatable bonds is 1. The van der Waals surface area contributed by atoms with Crippen LogP contribution in [0.15, 0.2) is 30.3 Å². The molecule has 0 bridgehead atoms. The van der Waals surface area contributed by atoms with Crippen LogP contribution in [0, 0.1) is 0 Å². The number of para-hydroxylation sites is 1. The molecule has 0 spiro atoms. The van der Waals surface area contributed by atoms with E-state index < -0.39 is 0 Å². The predicted octanol–water partition coefficient (Wildman–Crippen LogP) is 2.46. The maximum absolute atomic E-state index is 10.6. The van der Waals surface area contributed by atoms with Crippen LogP contribution < -0.4 is 0 Å². The van der Waals surface area contributed by atoms with E-state index in [1.165, 1.54) is 0 Å². The van der Waals surface area contributed by atoms with Gasteiger partial charge in [-0.1, -0.05) is 18.2 Å². The third kappa shape index (κ3) is 0.836. The molecular formula is C11H8N2O. The number of hydrogen-bond acceptors (Lipinski definition) is 1. The second kappa shape index (κ2) is 2.48. The molecule has 0 aliphatic carbocycles. The van der Waals surface area contributed by atoms with Crippen molar-refractivity contribution in [2.75, 3.05) is 0 Å². The molecule has 1 aromatic carbocycles. The van der Waals surface area contributed by atoms with E-state index in [2.05, 4.69) is 9.97 Å². The summed E-state index contributed by atoms with van der Waals surface area (Å²) >= 11 is 0. The summed E-state index contributed by atoms with van der Waals surface area (Å²) in [6.45, 7) is 0. The molecule has 0 unspecified atom stereocenters. The van der Waals surface area contributed by atoms with Gasteiger partial charge in [0.2, 0.25) is 0 Å². The molecule has 0 saturated carbocycles. The fourth-order valence-electron chi connectivity index (χ4n) is 1.81. The Morgan fingerprint density at radius 1 is 1.07 bits per heavy atom. The zero-order chi connectivity index (χ0) is 9.54. The number of carbonyl (C=O) groups excluding carboxylic acids is 1. The molecule has 3 aromatic rings. The Morgan fingerprint density at radius 2 is 1.93 bits per heavy atom. The Balaban J connectivity index is 2.50. The minimum absolute atomic E-state index is 0.608. The lowest BCUT2D eigenvalue weighted by Crippen LogP contribution is -1.76. The number of aromatic nitrogens is 2. The van der Waals surface area contributed by atoms with Crippen LogP contribution in [-0.4, -0.2) is 16.3 Å². The minimum Gasteiger partial charge on any atom is -0.341 e. The van der Waals surface area contributed by atoms with Crippen molar-refractivity contribution in [1.29, 1.82) is 0 Å². The molecule has 0 aliphatic heterocycles. The first-order chi connectivity index (χ1) is 6.88. The summed E-state index contributed by atoms with van der Waals surface area (Å²) in [6.07, 6.45) is 0.822. The predicted molar refractivity (Wildman–Crippen MR) is 55.5 cm³/mol. The second-order valence-corrected chi connectivity index (χ2v) is 3.30. The first kappa shape index (κ1) is 7.38. The standard InChI is InChI=1S/C11H8N2O/c14-6-7-5-9-8-3-1-2-4-10(8)13-11(9)12-7/h1-6,12-13H. The third-order valence-electron chi connectivity index (χ3n) is 2.44. The fraction of sp³-hybridized carbons (Fsp3) is 0. The van der Waals surface area contributed by atoms with Crippen LogP contribution in [0.25, 0.3) is 21.9 Å². The highest BCUT2D eigenvalue weighted by molar-refractivity contribution is 6.07. The van der Waals surface area contributed by atoms with Crippen molar-refractivity contribution >= 4 is 28.2 Å². The largest absolute Gasteiger partial charge is 0.341 e. The van der Waals surface area contributed by atoms with Gasteiger partial charge < -0.3 is 9.97 Å². The molecule has 3 nitrogen and oxygen atoms in total. The summed E-state index contributed by atoms with van der Waals surface area (Å²) in [5.41, 5.74) is 2.61. The lowest BCUT2D eigenvalue weighted by atomic mass is 10.2. The molecule has 0 aliphatic rings. The summed E-state index contributed by atoms with van der Waals surface area (Å²) in [6, 6.07) is 9.89. The molecule has 0 saturated heterocycles. The van der Waals surface area contributed by atoms with Crippen LogP contribution >= 0.6 is 0 Å². The minimum atomic E-state index is 0.608. The van der Waals surface area contributed by atoms with E-state index >= 15 is 0 Å². The molecule has 0 atom stereocenters. The average molecular weight is 184 g/mol. The van der Waals surface area contributed by atoms with E-state index in [1.807, 2.05) is 30.3 Å². The van der Waals surface area contributed by atoms with Crippen LogP contribution in [0.1, 0.15) is 10.5 Å². The van der Waals surface area contributed by atoms with E-state index in [1.54, 1.807) is 0 Å². The Hall–Kier alpha value is -2.03. The first-order valence-electron chi connectivity index (χ1n) is 4.43. The molecule has 0 radical (unpaired) electrons. The van der Waals surface area contributed by atoms with E-state index in [9.17, 15) is 4.79 Å². The molecule has 3 rings (SSSR count). The Bertz CT molecular complexity index is 618. The summed E-state index contributed by atoms with van der Waals surface area (Å²) in [5, 5.41) is 2.22. The van der Waals surface area contributed by atoms with Gasteiger partial charge in [0.05, 0.1) is 5.69 Å². The molecular weight excluding hydrogens is 176 g/mol. The van der Waals surface area contributed by atoms with Gasteiger partial charge >= 0.3 is 0 Å².